The number of fused-ring (bicyclic) bond motifs is 1. The Morgan fingerprint density at radius 3 is 2.66 bits per heavy atom. The molecular weight excluding hydrogens is 414 g/mol. The van der Waals surface area contributed by atoms with Crippen molar-refractivity contribution in [3.8, 4) is 23.0 Å². The molecule has 4 aromatic rings. The number of hydrogen-bond acceptors (Lipinski definition) is 7. The number of nitro groups is 1. The lowest BCUT2D eigenvalue weighted by Gasteiger charge is -2.09. The third-order valence-corrected chi connectivity index (χ3v) is 4.79. The number of benzene rings is 3. The fourth-order valence-electron chi connectivity index (χ4n) is 3.10. The van der Waals surface area contributed by atoms with Crippen molar-refractivity contribution in [2.24, 2.45) is 0 Å². The Bertz CT molecular complexity index is 1300. The van der Waals surface area contributed by atoms with Crippen LogP contribution in [-0.4, -0.2) is 27.5 Å². The highest BCUT2D eigenvalue weighted by molar-refractivity contribution is 5.93. The summed E-state index contributed by atoms with van der Waals surface area (Å²) in [5.41, 5.74) is 3.10. The van der Waals surface area contributed by atoms with Crippen LogP contribution in [0.5, 0.6) is 11.5 Å². The molecule has 0 spiro atoms. The van der Waals surface area contributed by atoms with Crippen LogP contribution in [0, 0.1) is 10.1 Å². The Morgan fingerprint density at radius 2 is 1.94 bits per heavy atom. The minimum Gasteiger partial charge on any atom is -0.507 e. The molecule has 0 radical (unpaired) electrons. The number of hydrogen-bond donors (Lipinski definition) is 2. The van der Waals surface area contributed by atoms with Crippen LogP contribution in [0.2, 0.25) is 0 Å². The van der Waals surface area contributed by atoms with Crippen LogP contribution in [0.3, 0.4) is 0 Å². The van der Waals surface area contributed by atoms with Gasteiger partial charge < -0.3 is 19.6 Å². The number of aromatic nitrogens is 1. The number of rotatable bonds is 7. The van der Waals surface area contributed by atoms with Crippen molar-refractivity contribution in [2.75, 3.05) is 11.9 Å². The quantitative estimate of drug-likeness (QED) is 0.246. The molecule has 2 N–H and O–H groups in total. The summed E-state index contributed by atoms with van der Waals surface area (Å²) in [5, 5.41) is 23.6. The number of phenols is 1. The second-order valence-electron chi connectivity index (χ2n) is 6.99. The number of oxazole rings is 1. The summed E-state index contributed by atoms with van der Waals surface area (Å²) in [5.74, 6) is 0.0941. The average Bonchev–Trinajstić information content (AvgIpc) is 3.22. The molecule has 32 heavy (non-hydrogen) atoms. The van der Waals surface area contributed by atoms with E-state index in [0.29, 0.717) is 28.1 Å². The van der Waals surface area contributed by atoms with Crippen molar-refractivity contribution in [3.63, 3.8) is 0 Å². The molecule has 3 aromatic carbocycles. The van der Waals surface area contributed by atoms with E-state index in [1.165, 1.54) is 30.3 Å². The molecule has 9 heteroatoms. The van der Waals surface area contributed by atoms with Crippen LogP contribution < -0.4 is 10.1 Å². The fraction of sp³-hybridized carbons (Fsp3) is 0.130. The molecule has 1 heterocycles. The Hall–Kier alpha value is -4.40. The first kappa shape index (κ1) is 20.9. The van der Waals surface area contributed by atoms with Crippen molar-refractivity contribution in [3.05, 3.63) is 76.3 Å². The molecule has 0 fully saturated rings. The molecule has 0 aliphatic rings. The number of carbonyl (C=O) groups excluding carboxylic acids is 1. The number of carbonyl (C=O) groups is 1. The summed E-state index contributed by atoms with van der Waals surface area (Å²) in [6, 6.07) is 15.7. The maximum absolute atomic E-state index is 12.3. The van der Waals surface area contributed by atoms with Crippen molar-refractivity contribution >= 4 is 28.4 Å². The lowest BCUT2D eigenvalue weighted by molar-refractivity contribution is -0.384. The Kier molecular flexibility index (Phi) is 5.71. The molecule has 0 aliphatic carbocycles. The standard InChI is InChI=1S/C23H19N3O6/c1-2-14-3-10-21-19(11-14)25-23(32-21)18-12-15(4-9-20(18)27)24-22(28)13-31-17-7-5-16(6-8-17)26(29)30/h3-12,27H,2,13H2,1H3,(H,24,28). The lowest BCUT2D eigenvalue weighted by Crippen LogP contribution is -2.20. The van der Waals surface area contributed by atoms with Crippen LogP contribution >= 0.6 is 0 Å². The predicted molar refractivity (Wildman–Crippen MR) is 118 cm³/mol. The van der Waals surface area contributed by atoms with E-state index in [1.807, 2.05) is 25.1 Å². The number of nitro benzene ring substituents is 1. The molecule has 1 aromatic heterocycles. The number of anilines is 1. The molecule has 0 aliphatic heterocycles. The minimum atomic E-state index is -0.515. The number of aromatic hydroxyl groups is 1. The van der Waals surface area contributed by atoms with Crippen LogP contribution in [0.1, 0.15) is 12.5 Å². The lowest BCUT2D eigenvalue weighted by atomic mass is 10.1. The molecule has 0 unspecified atom stereocenters. The third kappa shape index (κ3) is 4.51. The minimum absolute atomic E-state index is 0.0348. The maximum Gasteiger partial charge on any atom is 0.269 e. The summed E-state index contributed by atoms with van der Waals surface area (Å²) in [6.07, 6.45) is 0.868. The highest BCUT2D eigenvalue weighted by Gasteiger charge is 2.15. The zero-order chi connectivity index (χ0) is 22.7. The van der Waals surface area contributed by atoms with E-state index in [2.05, 4.69) is 10.3 Å². The summed E-state index contributed by atoms with van der Waals surface area (Å²) >= 11 is 0. The first-order valence-electron chi connectivity index (χ1n) is 9.83. The van der Waals surface area contributed by atoms with E-state index >= 15 is 0 Å². The van der Waals surface area contributed by atoms with E-state index in [9.17, 15) is 20.0 Å². The Labute approximate surface area is 182 Å². The van der Waals surface area contributed by atoms with Crippen molar-refractivity contribution in [2.45, 2.75) is 13.3 Å². The van der Waals surface area contributed by atoms with Gasteiger partial charge in [-0.1, -0.05) is 13.0 Å². The van der Waals surface area contributed by atoms with Gasteiger partial charge in [0.25, 0.3) is 11.6 Å². The largest absolute Gasteiger partial charge is 0.507 e. The van der Waals surface area contributed by atoms with Crippen molar-refractivity contribution in [1.82, 2.24) is 4.98 Å². The van der Waals surface area contributed by atoms with E-state index < -0.39 is 10.8 Å². The maximum atomic E-state index is 12.3. The van der Waals surface area contributed by atoms with E-state index in [-0.39, 0.29) is 23.9 Å². The van der Waals surface area contributed by atoms with Gasteiger partial charge in [-0.15, -0.1) is 0 Å². The van der Waals surface area contributed by atoms with Gasteiger partial charge in [-0.25, -0.2) is 4.98 Å². The summed E-state index contributed by atoms with van der Waals surface area (Å²) in [7, 11) is 0. The van der Waals surface area contributed by atoms with Crippen molar-refractivity contribution < 1.29 is 24.0 Å². The SMILES string of the molecule is CCc1ccc2oc(-c3cc(NC(=O)COc4ccc([N+](=O)[O-])cc4)ccc3O)nc2c1. The van der Waals surface area contributed by atoms with E-state index in [1.54, 1.807) is 12.1 Å². The van der Waals surface area contributed by atoms with Gasteiger partial charge in [0, 0.05) is 17.8 Å². The smallest absolute Gasteiger partial charge is 0.269 e. The number of ether oxygens (including phenoxy) is 1. The molecule has 0 bridgehead atoms. The highest BCUT2D eigenvalue weighted by Crippen LogP contribution is 2.33. The number of amides is 1. The van der Waals surface area contributed by atoms with Crippen LogP contribution in [0.15, 0.2) is 65.1 Å². The molecule has 0 saturated carbocycles. The summed E-state index contributed by atoms with van der Waals surface area (Å²) in [4.78, 5) is 26.9. The first-order chi connectivity index (χ1) is 15.4. The summed E-state index contributed by atoms with van der Waals surface area (Å²) in [6.45, 7) is 1.75. The van der Waals surface area contributed by atoms with Gasteiger partial charge in [0.15, 0.2) is 12.2 Å². The van der Waals surface area contributed by atoms with Gasteiger partial charge in [0.05, 0.1) is 10.5 Å². The summed E-state index contributed by atoms with van der Waals surface area (Å²) < 4.78 is 11.1. The molecule has 4 rings (SSSR count). The van der Waals surface area contributed by atoms with Gasteiger partial charge in [0.1, 0.15) is 17.0 Å². The van der Waals surface area contributed by atoms with E-state index in [0.717, 1.165) is 12.0 Å². The number of nitrogens with zero attached hydrogens (tertiary/aromatic N) is 2. The van der Waals surface area contributed by atoms with Gasteiger partial charge >= 0.3 is 0 Å². The van der Waals surface area contributed by atoms with Crippen LogP contribution in [0.25, 0.3) is 22.6 Å². The molecule has 1 amide bonds. The van der Waals surface area contributed by atoms with Gasteiger partial charge in [-0.2, -0.15) is 0 Å². The highest BCUT2D eigenvalue weighted by atomic mass is 16.6. The molecular formula is C23H19N3O6. The molecule has 0 saturated heterocycles. The number of nitrogens with one attached hydrogen (secondary N) is 1. The zero-order valence-electron chi connectivity index (χ0n) is 17.1. The number of non-ortho nitro benzene ring substituents is 1. The molecule has 162 valence electrons. The first-order valence-corrected chi connectivity index (χ1v) is 9.83. The van der Waals surface area contributed by atoms with Crippen molar-refractivity contribution in [1.29, 1.82) is 0 Å². The number of phenolic OH excluding ortho intramolecular Hbond substituents is 1. The molecule has 0 atom stereocenters. The van der Waals surface area contributed by atoms with Crippen LogP contribution in [0.4, 0.5) is 11.4 Å². The Balaban J connectivity index is 1.46. The van der Waals surface area contributed by atoms with Gasteiger partial charge in [-0.3, -0.25) is 14.9 Å². The van der Waals surface area contributed by atoms with Gasteiger partial charge in [0.2, 0.25) is 5.89 Å². The average molecular weight is 433 g/mol. The van der Waals surface area contributed by atoms with Crippen LogP contribution in [-0.2, 0) is 11.2 Å². The van der Waals surface area contributed by atoms with Gasteiger partial charge in [-0.05, 0) is 54.4 Å². The second-order valence-corrected chi connectivity index (χ2v) is 6.99. The number of aryl methyl sites for hydroxylation is 1. The zero-order valence-corrected chi connectivity index (χ0v) is 17.1. The second kappa shape index (κ2) is 8.76. The topological polar surface area (TPSA) is 128 Å². The normalized spacial score (nSPS) is 10.8. The third-order valence-electron chi connectivity index (χ3n) is 4.79. The fourth-order valence-corrected chi connectivity index (χ4v) is 3.10. The van der Waals surface area contributed by atoms with E-state index in [4.69, 9.17) is 9.15 Å². The molecule has 9 nitrogen and oxygen atoms in total. The monoisotopic (exact) mass is 433 g/mol. The Morgan fingerprint density at radius 1 is 1.16 bits per heavy atom. The predicted octanol–water partition coefficient (Wildman–Crippen LogP) is 4.69.